The molecule has 2 nitrogen and oxygen atoms in total. The summed E-state index contributed by atoms with van der Waals surface area (Å²) in [7, 11) is 0. The molecule has 0 bridgehead atoms. The molecule has 0 saturated heterocycles. The SMILES string of the molecule is CCCCn1ccnc1-c1ccc(Br)cc1. The molecule has 0 amide bonds. The molecule has 3 heteroatoms. The number of unbranched alkanes of at least 4 members (excludes halogenated alkanes) is 1. The first kappa shape index (κ1) is 11.4. The number of nitrogens with zero attached hydrogens (tertiary/aromatic N) is 2. The fourth-order valence-corrected chi connectivity index (χ4v) is 1.94. The number of benzene rings is 1. The van der Waals surface area contributed by atoms with Gasteiger partial charge < -0.3 is 4.57 Å². The third-order valence-corrected chi connectivity index (χ3v) is 3.10. The predicted molar refractivity (Wildman–Crippen MR) is 70.3 cm³/mol. The molecule has 0 N–H and O–H groups in total. The number of aromatic nitrogens is 2. The van der Waals surface area contributed by atoms with E-state index in [1.54, 1.807) is 0 Å². The number of imidazole rings is 1. The summed E-state index contributed by atoms with van der Waals surface area (Å²) in [6.45, 7) is 3.25. The van der Waals surface area contributed by atoms with Gasteiger partial charge in [-0.2, -0.15) is 0 Å². The lowest BCUT2D eigenvalue weighted by Crippen LogP contribution is -1.98. The van der Waals surface area contributed by atoms with E-state index in [-0.39, 0.29) is 0 Å². The van der Waals surface area contributed by atoms with Crippen molar-refractivity contribution in [3.63, 3.8) is 0 Å². The van der Waals surface area contributed by atoms with Crippen LogP contribution in [0.3, 0.4) is 0 Å². The lowest BCUT2D eigenvalue weighted by molar-refractivity contribution is 0.637. The monoisotopic (exact) mass is 278 g/mol. The first-order valence-corrected chi connectivity index (χ1v) is 6.37. The normalized spacial score (nSPS) is 10.6. The Labute approximate surface area is 104 Å². The Morgan fingerprint density at radius 1 is 1.25 bits per heavy atom. The molecule has 1 aromatic carbocycles. The van der Waals surface area contributed by atoms with Gasteiger partial charge >= 0.3 is 0 Å². The molecule has 0 saturated carbocycles. The zero-order valence-corrected chi connectivity index (χ0v) is 10.9. The van der Waals surface area contributed by atoms with Gasteiger partial charge in [-0.15, -0.1) is 0 Å². The highest BCUT2D eigenvalue weighted by Gasteiger charge is 2.04. The van der Waals surface area contributed by atoms with E-state index < -0.39 is 0 Å². The van der Waals surface area contributed by atoms with Crippen molar-refractivity contribution in [1.82, 2.24) is 9.55 Å². The van der Waals surface area contributed by atoms with E-state index in [0.29, 0.717) is 0 Å². The van der Waals surface area contributed by atoms with Gasteiger partial charge in [-0.3, -0.25) is 0 Å². The van der Waals surface area contributed by atoms with Crippen LogP contribution in [0.4, 0.5) is 0 Å². The molecule has 0 aliphatic carbocycles. The average Bonchev–Trinajstić information content (AvgIpc) is 2.75. The maximum Gasteiger partial charge on any atom is 0.139 e. The number of hydrogen-bond donors (Lipinski definition) is 0. The molecule has 0 aliphatic heterocycles. The van der Waals surface area contributed by atoms with Crippen LogP contribution in [0.2, 0.25) is 0 Å². The topological polar surface area (TPSA) is 17.8 Å². The molecule has 0 spiro atoms. The van der Waals surface area contributed by atoms with E-state index in [9.17, 15) is 0 Å². The standard InChI is InChI=1S/C13H15BrN2/c1-2-3-9-16-10-8-15-13(16)11-4-6-12(14)7-5-11/h4-8,10H,2-3,9H2,1H3. The van der Waals surface area contributed by atoms with Crippen LogP contribution in [0.25, 0.3) is 11.4 Å². The van der Waals surface area contributed by atoms with Gasteiger partial charge in [0.2, 0.25) is 0 Å². The molecule has 84 valence electrons. The molecule has 0 atom stereocenters. The maximum absolute atomic E-state index is 4.42. The summed E-state index contributed by atoms with van der Waals surface area (Å²) >= 11 is 3.44. The first-order chi connectivity index (χ1) is 7.81. The molecule has 2 rings (SSSR count). The molecular weight excluding hydrogens is 264 g/mol. The van der Waals surface area contributed by atoms with Crippen LogP contribution in [0.15, 0.2) is 41.1 Å². The Balaban J connectivity index is 2.26. The van der Waals surface area contributed by atoms with Crippen molar-refractivity contribution in [3.8, 4) is 11.4 Å². The summed E-state index contributed by atoms with van der Waals surface area (Å²) in [5.41, 5.74) is 1.17. The lowest BCUT2D eigenvalue weighted by Gasteiger charge is -2.06. The van der Waals surface area contributed by atoms with Crippen LogP contribution in [0.1, 0.15) is 19.8 Å². The predicted octanol–water partition coefficient (Wildman–Crippen LogP) is 4.11. The van der Waals surface area contributed by atoms with Gasteiger partial charge in [-0.1, -0.05) is 41.4 Å². The molecule has 0 unspecified atom stereocenters. The Bertz CT molecular complexity index is 445. The van der Waals surface area contributed by atoms with Crippen molar-refractivity contribution >= 4 is 15.9 Å². The molecular formula is C13H15BrN2. The fourth-order valence-electron chi connectivity index (χ4n) is 1.68. The van der Waals surface area contributed by atoms with Crippen molar-refractivity contribution in [2.75, 3.05) is 0 Å². The lowest BCUT2D eigenvalue weighted by atomic mass is 10.2. The maximum atomic E-state index is 4.42. The number of aryl methyl sites for hydroxylation is 1. The van der Waals surface area contributed by atoms with Crippen LogP contribution in [-0.4, -0.2) is 9.55 Å². The van der Waals surface area contributed by atoms with Crippen molar-refractivity contribution in [2.45, 2.75) is 26.3 Å². The van der Waals surface area contributed by atoms with Crippen molar-refractivity contribution in [2.24, 2.45) is 0 Å². The minimum absolute atomic E-state index is 1.04. The summed E-state index contributed by atoms with van der Waals surface area (Å²) in [6, 6.07) is 8.28. The summed E-state index contributed by atoms with van der Waals surface area (Å²) in [6.07, 6.45) is 6.32. The van der Waals surface area contributed by atoms with E-state index in [0.717, 1.165) is 16.8 Å². The molecule has 1 heterocycles. The van der Waals surface area contributed by atoms with Crippen LogP contribution in [0, 0.1) is 0 Å². The van der Waals surface area contributed by atoms with E-state index in [2.05, 4.69) is 44.5 Å². The second-order valence-corrected chi connectivity index (χ2v) is 4.72. The highest BCUT2D eigenvalue weighted by molar-refractivity contribution is 9.10. The van der Waals surface area contributed by atoms with Crippen LogP contribution in [0.5, 0.6) is 0 Å². The fraction of sp³-hybridized carbons (Fsp3) is 0.308. The van der Waals surface area contributed by atoms with Gasteiger partial charge in [-0.25, -0.2) is 4.98 Å². The summed E-state index contributed by atoms with van der Waals surface area (Å²) < 4.78 is 3.31. The molecule has 2 aromatic rings. The van der Waals surface area contributed by atoms with Gasteiger partial charge in [0, 0.05) is 29.0 Å². The first-order valence-electron chi connectivity index (χ1n) is 5.58. The second kappa shape index (κ2) is 5.30. The number of rotatable bonds is 4. The smallest absolute Gasteiger partial charge is 0.139 e. The van der Waals surface area contributed by atoms with E-state index in [1.165, 1.54) is 18.4 Å². The van der Waals surface area contributed by atoms with Gasteiger partial charge in [0.25, 0.3) is 0 Å². The van der Waals surface area contributed by atoms with Crippen LogP contribution >= 0.6 is 15.9 Å². The molecule has 0 radical (unpaired) electrons. The van der Waals surface area contributed by atoms with Crippen molar-refractivity contribution in [1.29, 1.82) is 0 Å². The van der Waals surface area contributed by atoms with Gasteiger partial charge in [-0.05, 0) is 18.6 Å². The van der Waals surface area contributed by atoms with Gasteiger partial charge in [0.1, 0.15) is 5.82 Å². The number of hydrogen-bond acceptors (Lipinski definition) is 1. The third-order valence-electron chi connectivity index (χ3n) is 2.57. The Kier molecular flexibility index (Phi) is 3.78. The van der Waals surface area contributed by atoms with Crippen molar-refractivity contribution < 1.29 is 0 Å². The number of halogens is 1. The Hall–Kier alpha value is -1.09. The van der Waals surface area contributed by atoms with Crippen LogP contribution in [-0.2, 0) is 6.54 Å². The average molecular weight is 279 g/mol. The zero-order chi connectivity index (χ0) is 11.4. The quantitative estimate of drug-likeness (QED) is 0.823. The Morgan fingerprint density at radius 3 is 2.69 bits per heavy atom. The third kappa shape index (κ3) is 2.53. The Morgan fingerprint density at radius 2 is 2.00 bits per heavy atom. The van der Waals surface area contributed by atoms with Gasteiger partial charge in [0.15, 0.2) is 0 Å². The minimum atomic E-state index is 1.04. The molecule has 16 heavy (non-hydrogen) atoms. The molecule has 0 aliphatic rings. The highest BCUT2D eigenvalue weighted by Crippen LogP contribution is 2.20. The second-order valence-electron chi connectivity index (χ2n) is 3.80. The minimum Gasteiger partial charge on any atom is -0.331 e. The van der Waals surface area contributed by atoms with Crippen molar-refractivity contribution in [3.05, 3.63) is 41.1 Å². The molecule has 1 aromatic heterocycles. The summed E-state index contributed by atoms with van der Waals surface area (Å²) in [5.74, 6) is 1.06. The highest BCUT2D eigenvalue weighted by atomic mass is 79.9. The largest absolute Gasteiger partial charge is 0.331 e. The summed E-state index contributed by atoms with van der Waals surface area (Å²) in [4.78, 5) is 4.42. The zero-order valence-electron chi connectivity index (χ0n) is 9.36. The van der Waals surface area contributed by atoms with E-state index >= 15 is 0 Å². The van der Waals surface area contributed by atoms with Crippen LogP contribution < -0.4 is 0 Å². The molecule has 0 fully saturated rings. The summed E-state index contributed by atoms with van der Waals surface area (Å²) in [5, 5.41) is 0. The van der Waals surface area contributed by atoms with Gasteiger partial charge in [0.05, 0.1) is 0 Å². The van der Waals surface area contributed by atoms with E-state index in [4.69, 9.17) is 0 Å². The van der Waals surface area contributed by atoms with E-state index in [1.807, 2.05) is 24.5 Å².